The van der Waals surface area contributed by atoms with Crippen LogP contribution in [0.15, 0.2) is 18.3 Å². The van der Waals surface area contributed by atoms with Crippen LogP contribution in [0.5, 0.6) is 0 Å². The number of benzene rings is 1. The first-order valence-electron chi connectivity index (χ1n) is 12.1. The first-order chi connectivity index (χ1) is 17.3. The van der Waals surface area contributed by atoms with Gasteiger partial charge in [0.05, 0.1) is 23.5 Å². The predicted octanol–water partition coefficient (Wildman–Crippen LogP) is 5.07. The molecule has 2 fully saturated rings. The minimum absolute atomic E-state index is 0.0213. The summed E-state index contributed by atoms with van der Waals surface area (Å²) in [5.74, 6) is 0.177. The highest BCUT2D eigenvalue weighted by Gasteiger charge is 2.30. The Morgan fingerprint density at radius 3 is 2.67 bits per heavy atom. The molecule has 0 unspecified atom stereocenters. The van der Waals surface area contributed by atoms with Gasteiger partial charge in [0.2, 0.25) is 17.8 Å². The van der Waals surface area contributed by atoms with Crippen molar-refractivity contribution in [3.63, 3.8) is 0 Å². The molecule has 1 saturated heterocycles. The highest BCUT2D eigenvalue weighted by atomic mass is 35.5. The lowest BCUT2D eigenvalue weighted by atomic mass is 9.85. The normalized spacial score (nSPS) is 24.6. The number of nitrogens with one attached hydrogen (secondary N) is 2. The van der Waals surface area contributed by atoms with Crippen LogP contribution in [0.3, 0.4) is 0 Å². The number of aromatic nitrogens is 4. The number of carbonyl (C=O) groups excluding carboxylic acids is 1. The van der Waals surface area contributed by atoms with Crippen molar-refractivity contribution in [2.75, 3.05) is 23.8 Å². The molecule has 192 valence electrons. The molecule has 1 saturated carbocycles. The largest absolute Gasteiger partial charge is 0.381 e. The summed E-state index contributed by atoms with van der Waals surface area (Å²) in [6.07, 6.45) is 5.24. The molecule has 0 radical (unpaired) electrons. The van der Waals surface area contributed by atoms with Gasteiger partial charge in [-0.2, -0.15) is 4.98 Å². The molecule has 1 aromatic carbocycles. The topological polar surface area (TPSA) is 120 Å². The number of hydrogen-bond acceptors (Lipinski definition) is 7. The van der Waals surface area contributed by atoms with Crippen molar-refractivity contribution >= 4 is 57.9 Å². The lowest BCUT2D eigenvalue weighted by Crippen LogP contribution is -2.36. The Balaban J connectivity index is 1.53. The molecule has 3 heterocycles. The average molecular weight is 536 g/mol. The summed E-state index contributed by atoms with van der Waals surface area (Å²) < 4.78 is 22.3. The third kappa shape index (κ3) is 5.07. The number of anilines is 3. The van der Waals surface area contributed by atoms with Gasteiger partial charge in [-0.15, -0.1) is 0 Å². The maximum atomic E-state index is 14.8. The van der Waals surface area contributed by atoms with Gasteiger partial charge in [-0.3, -0.25) is 9.36 Å². The summed E-state index contributed by atoms with van der Waals surface area (Å²) in [7, 11) is 0. The Morgan fingerprint density at radius 2 is 1.97 bits per heavy atom. The van der Waals surface area contributed by atoms with E-state index >= 15 is 0 Å². The fourth-order valence-corrected chi connectivity index (χ4v) is 5.56. The zero-order valence-electron chi connectivity index (χ0n) is 19.8. The summed E-state index contributed by atoms with van der Waals surface area (Å²) in [4.78, 5) is 25.7. The highest BCUT2D eigenvalue weighted by molar-refractivity contribution is 6.36. The molecule has 4 N–H and O–H groups in total. The van der Waals surface area contributed by atoms with Crippen molar-refractivity contribution in [3.8, 4) is 0 Å². The van der Waals surface area contributed by atoms with E-state index < -0.39 is 5.82 Å². The van der Waals surface area contributed by atoms with Crippen molar-refractivity contribution in [1.82, 2.24) is 19.5 Å². The van der Waals surface area contributed by atoms with E-state index in [9.17, 15) is 9.18 Å². The van der Waals surface area contributed by atoms with Crippen LogP contribution in [-0.2, 0) is 9.53 Å². The van der Waals surface area contributed by atoms with Gasteiger partial charge in [0.1, 0.15) is 11.3 Å². The molecule has 0 spiro atoms. The quantitative estimate of drug-likeness (QED) is 0.402. The van der Waals surface area contributed by atoms with E-state index in [-0.39, 0.29) is 39.6 Å². The number of nitrogens with two attached hydrogens (primary N) is 1. The molecule has 2 aromatic heterocycles. The minimum atomic E-state index is -0.592. The summed E-state index contributed by atoms with van der Waals surface area (Å²) in [6, 6.07) is 2.83. The van der Waals surface area contributed by atoms with Gasteiger partial charge in [0.15, 0.2) is 5.65 Å². The van der Waals surface area contributed by atoms with E-state index in [0.717, 1.165) is 6.42 Å². The number of halogens is 3. The minimum Gasteiger partial charge on any atom is -0.381 e. The molecule has 12 heteroatoms. The molecular formula is C24H28Cl2FN7O2. The molecule has 2 atom stereocenters. The van der Waals surface area contributed by atoms with Gasteiger partial charge in [-0.05, 0) is 50.2 Å². The van der Waals surface area contributed by atoms with Crippen molar-refractivity contribution in [2.24, 2.45) is 17.6 Å². The van der Waals surface area contributed by atoms with Gasteiger partial charge in [0, 0.05) is 29.6 Å². The third-order valence-corrected chi connectivity index (χ3v) is 7.61. The number of rotatable bonds is 6. The van der Waals surface area contributed by atoms with Gasteiger partial charge >= 0.3 is 0 Å². The number of fused-ring (bicyclic) bond motifs is 1. The number of imidazole rings is 1. The molecule has 1 amide bonds. The summed E-state index contributed by atoms with van der Waals surface area (Å²) in [5, 5.41) is 6.83. The number of hydrogen-bond donors (Lipinski definition) is 3. The van der Waals surface area contributed by atoms with Crippen LogP contribution < -0.4 is 16.4 Å². The molecule has 36 heavy (non-hydrogen) atoms. The molecule has 9 nitrogen and oxygen atoms in total. The van der Waals surface area contributed by atoms with Gasteiger partial charge in [-0.1, -0.05) is 30.1 Å². The second-order valence-corrected chi connectivity index (χ2v) is 10.4. The fraction of sp³-hybridized carbons (Fsp3) is 0.500. The molecule has 1 aliphatic carbocycles. The lowest BCUT2D eigenvalue weighted by Gasteiger charge is -2.30. The van der Waals surface area contributed by atoms with Crippen LogP contribution in [0.1, 0.15) is 45.1 Å². The van der Waals surface area contributed by atoms with Crippen LogP contribution in [0.2, 0.25) is 10.0 Å². The Hall–Kier alpha value is -2.69. The van der Waals surface area contributed by atoms with Crippen molar-refractivity contribution in [2.45, 2.75) is 51.1 Å². The Kier molecular flexibility index (Phi) is 7.18. The number of ether oxygens (including phenoxy) is 1. The standard InChI is InChI=1S/C24H28Cl2FN7O2/c1-12-11-36-7-6-18(12)30-23-29-10-19-22(33-23)34(15-4-2-13(3-5-15)21(28)35)24(31-19)32-20-16(26)8-14(25)9-17(20)27/h8-10,12-13,15,18H,2-7,11H2,1H3,(H2,28,35)(H,31,32)(H,29,30,33)/t12-,13-,15+,18-/m1/s1. The summed E-state index contributed by atoms with van der Waals surface area (Å²) in [5.41, 5.74) is 6.79. The van der Waals surface area contributed by atoms with E-state index in [4.69, 9.17) is 38.7 Å². The number of carbonyl (C=O) groups is 1. The SMILES string of the molecule is C[C@@H]1COCC[C@H]1Nc1ncc2nc(Nc3c(F)cc(Cl)cc3Cl)n([C@H]3CC[C@@H](C(N)=O)CC3)c2n1. The lowest BCUT2D eigenvalue weighted by molar-refractivity contribution is -0.122. The molecule has 3 aromatic rings. The Bertz CT molecular complexity index is 1260. The third-order valence-electron chi connectivity index (χ3n) is 7.10. The van der Waals surface area contributed by atoms with Gasteiger partial charge in [0.25, 0.3) is 0 Å². The van der Waals surface area contributed by atoms with Crippen LogP contribution in [0.25, 0.3) is 11.2 Å². The van der Waals surface area contributed by atoms with Crippen molar-refractivity contribution in [3.05, 3.63) is 34.2 Å². The van der Waals surface area contributed by atoms with Crippen molar-refractivity contribution in [1.29, 1.82) is 0 Å². The van der Waals surface area contributed by atoms with Crippen molar-refractivity contribution < 1.29 is 13.9 Å². The Labute approximate surface area is 217 Å². The van der Waals surface area contributed by atoms with Crippen LogP contribution in [-0.4, -0.2) is 44.7 Å². The summed E-state index contributed by atoms with van der Waals surface area (Å²) >= 11 is 12.2. The number of primary amides is 1. The smallest absolute Gasteiger partial charge is 0.224 e. The first-order valence-corrected chi connectivity index (χ1v) is 12.9. The first kappa shape index (κ1) is 25.0. The average Bonchev–Trinajstić information content (AvgIpc) is 3.20. The van der Waals surface area contributed by atoms with E-state index in [1.165, 1.54) is 12.1 Å². The number of amides is 1. The zero-order valence-corrected chi connectivity index (χ0v) is 21.3. The van der Waals surface area contributed by atoms with E-state index in [0.29, 0.717) is 67.9 Å². The monoisotopic (exact) mass is 535 g/mol. The van der Waals surface area contributed by atoms with Crippen LogP contribution in [0.4, 0.5) is 22.0 Å². The van der Waals surface area contributed by atoms with E-state index in [1.54, 1.807) is 6.20 Å². The van der Waals surface area contributed by atoms with Gasteiger partial charge in [-0.25, -0.2) is 14.4 Å². The maximum absolute atomic E-state index is 14.8. The molecular weight excluding hydrogens is 508 g/mol. The second-order valence-electron chi connectivity index (χ2n) is 9.58. The molecule has 1 aliphatic heterocycles. The van der Waals surface area contributed by atoms with Crippen LogP contribution >= 0.6 is 23.2 Å². The predicted molar refractivity (Wildman–Crippen MR) is 137 cm³/mol. The number of nitrogens with zero attached hydrogens (tertiary/aromatic N) is 4. The molecule has 2 aliphatic rings. The summed E-state index contributed by atoms with van der Waals surface area (Å²) in [6.45, 7) is 3.50. The molecule has 5 rings (SSSR count). The van der Waals surface area contributed by atoms with Crippen LogP contribution in [0, 0.1) is 17.7 Å². The maximum Gasteiger partial charge on any atom is 0.224 e. The van der Waals surface area contributed by atoms with Gasteiger partial charge < -0.3 is 21.1 Å². The van der Waals surface area contributed by atoms with E-state index in [2.05, 4.69) is 27.5 Å². The zero-order chi connectivity index (χ0) is 25.4. The molecule has 0 bridgehead atoms. The Morgan fingerprint density at radius 1 is 1.19 bits per heavy atom. The fourth-order valence-electron chi connectivity index (χ4n) is 5.05. The second kappa shape index (κ2) is 10.4. The highest BCUT2D eigenvalue weighted by Crippen LogP contribution is 2.38. The van der Waals surface area contributed by atoms with E-state index in [1.807, 2.05) is 4.57 Å².